The van der Waals surface area contributed by atoms with E-state index in [1.54, 1.807) is 0 Å². The number of aryl methyl sites for hydroxylation is 1. The smallest absolute Gasteiger partial charge is 0.195 e. The van der Waals surface area contributed by atoms with Crippen molar-refractivity contribution >= 4 is 11.1 Å². The monoisotopic (exact) mass is 205 g/mol. The summed E-state index contributed by atoms with van der Waals surface area (Å²) in [6.45, 7) is 3.20. The molecule has 1 aromatic carbocycles. The van der Waals surface area contributed by atoms with Crippen LogP contribution in [-0.2, 0) is 6.42 Å². The van der Waals surface area contributed by atoms with E-state index in [0.29, 0.717) is 13.2 Å². The van der Waals surface area contributed by atoms with E-state index < -0.39 is 0 Å². The minimum Gasteiger partial charge on any atom is -0.486 e. The molecule has 15 heavy (non-hydrogen) atoms. The molecule has 0 amide bonds. The van der Waals surface area contributed by atoms with Gasteiger partial charge in [-0.15, -0.1) is 0 Å². The van der Waals surface area contributed by atoms with Gasteiger partial charge in [0, 0.05) is 18.6 Å². The molecule has 1 aliphatic heterocycles. The Labute approximate surface area is 86.8 Å². The Morgan fingerprint density at radius 3 is 2.67 bits per heavy atom. The summed E-state index contributed by atoms with van der Waals surface area (Å²) in [6, 6.07) is 3.71. The van der Waals surface area contributed by atoms with Crippen LogP contribution in [0.2, 0.25) is 0 Å². The third kappa shape index (κ3) is 1.33. The van der Waals surface area contributed by atoms with Gasteiger partial charge in [0.2, 0.25) is 0 Å². The Kier molecular flexibility index (Phi) is 1.80. The maximum atomic E-state index is 5.54. The van der Waals surface area contributed by atoms with E-state index in [9.17, 15) is 0 Å². The van der Waals surface area contributed by atoms with Gasteiger partial charge in [-0.3, -0.25) is 0 Å². The highest BCUT2D eigenvalue weighted by Crippen LogP contribution is 2.34. The lowest BCUT2D eigenvalue weighted by atomic mass is 10.2. The van der Waals surface area contributed by atoms with Crippen LogP contribution < -0.4 is 9.47 Å². The molecule has 0 saturated carbocycles. The average Bonchev–Trinajstić information content (AvgIpc) is 2.67. The number of nitrogens with zero attached hydrogens (tertiary/aromatic N) is 1. The molecule has 4 heteroatoms. The third-order valence-electron chi connectivity index (χ3n) is 2.40. The van der Waals surface area contributed by atoms with E-state index in [-0.39, 0.29) is 0 Å². The quantitative estimate of drug-likeness (QED) is 0.715. The highest BCUT2D eigenvalue weighted by atomic mass is 16.6. The molecular formula is C11H11NO3. The van der Waals surface area contributed by atoms with Gasteiger partial charge in [-0.1, -0.05) is 6.92 Å². The molecule has 1 aliphatic rings. The molecule has 0 radical (unpaired) electrons. The zero-order valence-corrected chi connectivity index (χ0v) is 8.45. The van der Waals surface area contributed by atoms with Crippen molar-refractivity contribution in [3.05, 3.63) is 18.0 Å². The standard InChI is InChI=1S/C11H11NO3/c1-2-11-12-7-5-9-10(6-8(7)15-11)14-4-3-13-9/h5-6H,2-4H2,1H3. The number of hydrogen-bond donors (Lipinski definition) is 0. The number of rotatable bonds is 1. The maximum Gasteiger partial charge on any atom is 0.195 e. The van der Waals surface area contributed by atoms with E-state index in [0.717, 1.165) is 34.9 Å². The predicted octanol–water partition coefficient (Wildman–Crippen LogP) is 2.16. The lowest BCUT2D eigenvalue weighted by Crippen LogP contribution is -2.15. The summed E-state index contributed by atoms with van der Waals surface area (Å²) in [5, 5.41) is 0. The van der Waals surface area contributed by atoms with Crippen molar-refractivity contribution < 1.29 is 13.9 Å². The topological polar surface area (TPSA) is 44.5 Å². The SMILES string of the molecule is CCc1nc2cc3c(cc2o1)OCCO3. The van der Waals surface area contributed by atoms with Crippen molar-refractivity contribution in [1.29, 1.82) is 0 Å². The van der Waals surface area contributed by atoms with E-state index in [1.165, 1.54) is 0 Å². The minimum atomic E-state index is 0.591. The van der Waals surface area contributed by atoms with Crippen molar-refractivity contribution in [3.63, 3.8) is 0 Å². The van der Waals surface area contributed by atoms with Gasteiger partial charge in [-0.2, -0.15) is 0 Å². The largest absolute Gasteiger partial charge is 0.486 e. The van der Waals surface area contributed by atoms with Crippen LogP contribution >= 0.6 is 0 Å². The molecule has 1 aromatic heterocycles. The highest BCUT2D eigenvalue weighted by molar-refractivity contribution is 5.77. The number of aromatic nitrogens is 1. The van der Waals surface area contributed by atoms with Crippen molar-refractivity contribution in [2.45, 2.75) is 13.3 Å². The number of benzene rings is 1. The lowest BCUT2D eigenvalue weighted by Gasteiger charge is -2.17. The fourth-order valence-corrected chi connectivity index (χ4v) is 1.66. The fraction of sp³-hybridized carbons (Fsp3) is 0.364. The number of fused-ring (bicyclic) bond motifs is 2. The number of hydrogen-bond acceptors (Lipinski definition) is 4. The van der Waals surface area contributed by atoms with E-state index in [2.05, 4.69) is 4.98 Å². The molecule has 78 valence electrons. The number of ether oxygens (including phenoxy) is 2. The van der Waals surface area contributed by atoms with Crippen LogP contribution in [0.1, 0.15) is 12.8 Å². The summed E-state index contributed by atoms with van der Waals surface area (Å²) in [5.74, 6) is 2.24. The van der Waals surface area contributed by atoms with Gasteiger partial charge in [-0.05, 0) is 0 Å². The third-order valence-corrected chi connectivity index (χ3v) is 2.40. The van der Waals surface area contributed by atoms with E-state index >= 15 is 0 Å². The van der Waals surface area contributed by atoms with Gasteiger partial charge < -0.3 is 13.9 Å². The van der Waals surface area contributed by atoms with Gasteiger partial charge in [0.05, 0.1) is 0 Å². The molecular weight excluding hydrogens is 194 g/mol. The zero-order chi connectivity index (χ0) is 10.3. The van der Waals surface area contributed by atoms with Crippen LogP contribution in [0, 0.1) is 0 Å². The second-order valence-corrected chi connectivity index (χ2v) is 3.42. The Hall–Kier alpha value is -1.71. The Morgan fingerprint density at radius 2 is 1.93 bits per heavy atom. The van der Waals surface area contributed by atoms with E-state index in [4.69, 9.17) is 13.9 Å². The first-order chi connectivity index (χ1) is 7.36. The van der Waals surface area contributed by atoms with Crippen molar-refractivity contribution in [2.75, 3.05) is 13.2 Å². The van der Waals surface area contributed by atoms with Gasteiger partial charge in [0.1, 0.15) is 18.7 Å². The summed E-state index contributed by atoms with van der Waals surface area (Å²) in [5.41, 5.74) is 1.59. The maximum absolute atomic E-state index is 5.54. The molecule has 2 heterocycles. The van der Waals surface area contributed by atoms with Gasteiger partial charge >= 0.3 is 0 Å². The van der Waals surface area contributed by atoms with Crippen LogP contribution in [0.4, 0.5) is 0 Å². The van der Waals surface area contributed by atoms with Crippen LogP contribution in [-0.4, -0.2) is 18.2 Å². The molecule has 0 spiro atoms. The first-order valence-electron chi connectivity index (χ1n) is 5.06. The summed E-state index contributed by atoms with van der Waals surface area (Å²) in [4.78, 5) is 4.34. The minimum absolute atomic E-state index is 0.591. The molecule has 3 rings (SSSR count). The van der Waals surface area contributed by atoms with Crippen molar-refractivity contribution in [2.24, 2.45) is 0 Å². The molecule has 0 bridgehead atoms. The summed E-state index contributed by atoms with van der Waals surface area (Å²) < 4.78 is 16.5. The molecule has 0 N–H and O–H groups in total. The normalized spacial score (nSPS) is 14.5. The Morgan fingerprint density at radius 1 is 1.20 bits per heavy atom. The first kappa shape index (κ1) is 8.59. The Balaban J connectivity index is 2.19. The predicted molar refractivity (Wildman–Crippen MR) is 54.4 cm³/mol. The highest BCUT2D eigenvalue weighted by Gasteiger charge is 2.15. The first-order valence-corrected chi connectivity index (χ1v) is 5.06. The number of oxazole rings is 1. The van der Waals surface area contributed by atoms with Crippen LogP contribution in [0.25, 0.3) is 11.1 Å². The van der Waals surface area contributed by atoms with Crippen LogP contribution in [0.5, 0.6) is 11.5 Å². The van der Waals surface area contributed by atoms with Gasteiger partial charge in [0.25, 0.3) is 0 Å². The Bertz CT molecular complexity index is 461. The molecule has 0 unspecified atom stereocenters. The van der Waals surface area contributed by atoms with Crippen LogP contribution in [0.15, 0.2) is 16.5 Å². The average molecular weight is 205 g/mol. The zero-order valence-electron chi connectivity index (χ0n) is 8.45. The van der Waals surface area contributed by atoms with Crippen LogP contribution in [0.3, 0.4) is 0 Å². The fourth-order valence-electron chi connectivity index (χ4n) is 1.66. The van der Waals surface area contributed by atoms with Gasteiger partial charge in [0.15, 0.2) is 23.0 Å². The lowest BCUT2D eigenvalue weighted by molar-refractivity contribution is 0.172. The van der Waals surface area contributed by atoms with E-state index in [1.807, 2.05) is 19.1 Å². The summed E-state index contributed by atoms with van der Waals surface area (Å²) in [7, 11) is 0. The van der Waals surface area contributed by atoms with Crippen molar-refractivity contribution in [3.8, 4) is 11.5 Å². The second-order valence-electron chi connectivity index (χ2n) is 3.42. The molecule has 2 aromatic rings. The summed E-state index contributed by atoms with van der Waals surface area (Å²) >= 11 is 0. The second kappa shape index (κ2) is 3.15. The van der Waals surface area contributed by atoms with Crippen molar-refractivity contribution in [1.82, 2.24) is 4.98 Å². The molecule has 0 saturated heterocycles. The van der Waals surface area contributed by atoms with Gasteiger partial charge in [-0.25, -0.2) is 4.98 Å². The molecule has 4 nitrogen and oxygen atoms in total. The summed E-state index contributed by atoms with van der Waals surface area (Å²) in [6.07, 6.45) is 0.793. The molecule has 0 aliphatic carbocycles. The molecule has 0 atom stereocenters. The molecule has 0 fully saturated rings.